The average Bonchev–Trinajstić information content (AvgIpc) is 1.39. The van der Waals surface area contributed by atoms with Gasteiger partial charge in [0, 0.05) is 0 Å². The minimum absolute atomic E-state index is 0. The summed E-state index contributed by atoms with van der Waals surface area (Å²) in [6.07, 6.45) is 0. The first kappa shape index (κ1) is 23.5. The molecular weight excluding hydrogens is 201 g/mol. The Hall–Kier alpha value is 0.586. The summed E-state index contributed by atoms with van der Waals surface area (Å²) in [5.41, 5.74) is 0. The average molecular weight is 205 g/mol. The molecule has 0 aliphatic heterocycles. The standard InChI is InChI=1S/Co.2HO2P.H2O/c;2*1-3-2;/h;2*(H,1,2);1H2/q+2;;;. The van der Waals surface area contributed by atoms with Crippen molar-refractivity contribution in [1.82, 2.24) is 0 Å². The van der Waals surface area contributed by atoms with Crippen LogP contribution in [0.3, 0.4) is 0 Å². The second kappa shape index (κ2) is 49.2. The molecule has 0 aromatic rings. The minimum Gasteiger partial charge on any atom is -0.412 e. The Morgan fingerprint density at radius 3 is 1.00 bits per heavy atom. The molecule has 0 atom stereocenters. The van der Waals surface area contributed by atoms with E-state index in [9.17, 15) is 0 Å². The maximum Gasteiger partial charge on any atom is 2.00 e. The summed E-state index contributed by atoms with van der Waals surface area (Å²) >= 11 is 0. The van der Waals surface area contributed by atoms with Crippen LogP contribution in [0.5, 0.6) is 0 Å². The predicted molar refractivity (Wildman–Crippen MR) is 23.3 cm³/mol. The Morgan fingerprint density at radius 2 is 1.00 bits per heavy atom. The summed E-state index contributed by atoms with van der Waals surface area (Å²) in [7, 11) is -1.67. The normalized spacial score (nSPS) is 5.25. The van der Waals surface area contributed by atoms with E-state index in [0.717, 1.165) is 0 Å². The van der Waals surface area contributed by atoms with E-state index in [-0.39, 0.29) is 22.3 Å². The van der Waals surface area contributed by atoms with Gasteiger partial charge in [-0.2, -0.15) is 0 Å². The SMILES string of the molecule is O.O=PO.O=PO.[Co+2]. The van der Waals surface area contributed by atoms with E-state index >= 15 is 0 Å². The Balaban J connectivity index is -0.0000000160. The third-order valence-corrected chi connectivity index (χ3v) is 0. The van der Waals surface area contributed by atoms with Crippen molar-refractivity contribution in [2.24, 2.45) is 0 Å². The van der Waals surface area contributed by atoms with Gasteiger partial charge in [-0.15, -0.1) is 0 Å². The maximum absolute atomic E-state index is 8.46. The summed E-state index contributed by atoms with van der Waals surface area (Å²) in [5.74, 6) is 0. The van der Waals surface area contributed by atoms with Crippen LogP contribution in [0.25, 0.3) is 0 Å². The molecule has 4 N–H and O–H groups in total. The molecule has 0 amide bonds. The van der Waals surface area contributed by atoms with Crippen LogP contribution in [0.2, 0.25) is 0 Å². The van der Waals surface area contributed by atoms with E-state index in [1.54, 1.807) is 0 Å². The second-order valence-electron chi connectivity index (χ2n) is 0.163. The smallest absolute Gasteiger partial charge is 0.412 e. The monoisotopic (exact) mass is 205 g/mol. The van der Waals surface area contributed by atoms with Crippen molar-refractivity contribution in [1.29, 1.82) is 0 Å². The van der Waals surface area contributed by atoms with Crippen molar-refractivity contribution in [3.63, 3.8) is 0 Å². The molecule has 5 nitrogen and oxygen atoms in total. The van der Waals surface area contributed by atoms with Gasteiger partial charge in [-0.1, -0.05) is 0 Å². The van der Waals surface area contributed by atoms with Gasteiger partial charge in [-0.3, -0.25) is 0 Å². The fourth-order valence-corrected chi connectivity index (χ4v) is 0. The largest absolute Gasteiger partial charge is 2.00 e. The van der Waals surface area contributed by atoms with E-state index in [1.165, 1.54) is 0 Å². The van der Waals surface area contributed by atoms with Crippen LogP contribution in [-0.4, -0.2) is 15.3 Å². The van der Waals surface area contributed by atoms with Crippen molar-refractivity contribution in [2.45, 2.75) is 0 Å². The Bertz CT molecular complexity index is 31.4. The molecule has 8 heteroatoms. The van der Waals surface area contributed by atoms with Crippen LogP contribution in [0.15, 0.2) is 0 Å². The van der Waals surface area contributed by atoms with Crippen molar-refractivity contribution >= 4 is 17.4 Å². The van der Waals surface area contributed by atoms with E-state index in [0.29, 0.717) is 0 Å². The molecule has 1 radical (unpaired) electrons. The third kappa shape index (κ3) is 598. The van der Waals surface area contributed by atoms with Gasteiger partial charge >= 0.3 is 34.2 Å². The van der Waals surface area contributed by atoms with Gasteiger partial charge in [-0.25, -0.2) is 9.13 Å². The topological polar surface area (TPSA) is 106 Å². The number of hydrogen-bond donors (Lipinski definition) is 2. The van der Waals surface area contributed by atoms with Crippen LogP contribution in [0, 0.1) is 0 Å². The van der Waals surface area contributed by atoms with Crippen LogP contribution < -0.4 is 0 Å². The van der Waals surface area contributed by atoms with Gasteiger partial charge in [0.15, 0.2) is 0 Å². The molecule has 8 heavy (non-hydrogen) atoms. The van der Waals surface area contributed by atoms with E-state index in [2.05, 4.69) is 0 Å². The molecule has 0 saturated heterocycles. The molecule has 0 fully saturated rings. The molecule has 0 aromatic carbocycles. The van der Waals surface area contributed by atoms with Crippen molar-refractivity contribution in [3.8, 4) is 0 Å². The van der Waals surface area contributed by atoms with Crippen LogP contribution in [-0.2, 0) is 25.9 Å². The fraction of sp³-hybridized carbons (Fsp3) is 0. The first-order chi connectivity index (χ1) is 2.83. The molecule has 51 valence electrons. The van der Waals surface area contributed by atoms with E-state index < -0.39 is 17.4 Å². The zero-order valence-electron chi connectivity index (χ0n) is 3.44. The molecule has 0 aliphatic rings. The van der Waals surface area contributed by atoms with Gasteiger partial charge in [-0.05, 0) is 0 Å². The van der Waals surface area contributed by atoms with Gasteiger partial charge in [0.1, 0.15) is 0 Å². The first-order valence-electron chi connectivity index (χ1n) is 0.765. The summed E-state index contributed by atoms with van der Waals surface area (Å²) in [5, 5.41) is 0. The summed E-state index contributed by atoms with van der Waals surface area (Å²) in [4.78, 5) is 14.0. The summed E-state index contributed by atoms with van der Waals surface area (Å²) in [6, 6.07) is 0. The zero-order valence-corrected chi connectivity index (χ0v) is 6.27. The Labute approximate surface area is 59.2 Å². The molecule has 0 aromatic heterocycles. The Kier molecular flexibility index (Phi) is 144. The zero-order chi connectivity index (χ0) is 5.41. The molecule has 0 spiro atoms. The van der Waals surface area contributed by atoms with Gasteiger partial charge in [0.2, 0.25) is 0 Å². The number of hydrogen-bond acceptors (Lipinski definition) is 2. The molecule has 0 saturated carbocycles. The van der Waals surface area contributed by atoms with Gasteiger partial charge in [0.05, 0.1) is 0 Å². The van der Waals surface area contributed by atoms with Crippen LogP contribution in [0.1, 0.15) is 0 Å². The minimum atomic E-state index is -0.833. The van der Waals surface area contributed by atoms with Crippen LogP contribution in [0.4, 0.5) is 0 Å². The number of rotatable bonds is 0. The molecule has 0 heterocycles. The molecular formula is H4CoO5P2+2. The molecule has 0 aliphatic carbocycles. The van der Waals surface area contributed by atoms with Crippen molar-refractivity contribution in [3.05, 3.63) is 0 Å². The van der Waals surface area contributed by atoms with Crippen molar-refractivity contribution in [2.75, 3.05) is 0 Å². The second-order valence-corrected chi connectivity index (χ2v) is 0.490. The van der Waals surface area contributed by atoms with Gasteiger partial charge in [0.25, 0.3) is 0 Å². The predicted octanol–water partition coefficient (Wildman–Crippen LogP) is -0.456. The van der Waals surface area contributed by atoms with E-state index in [4.69, 9.17) is 18.9 Å². The molecule has 0 unspecified atom stereocenters. The maximum atomic E-state index is 8.46. The Morgan fingerprint density at radius 1 is 1.00 bits per heavy atom. The third-order valence-electron chi connectivity index (χ3n) is 0. The van der Waals surface area contributed by atoms with E-state index in [1.807, 2.05) is 0 Å². The van der Waals surface area contributed by atoms with Crippen LogP contribution >= 0.6 is 17.4 Å². The molecule has 0 bridgehead atoms. The van der Waals surface area contributed by atoms with Crippen molar-refractivity contribution < 1.29 is 41.2 Å². The summed E-state index contributed by atoms with van der Waals surface area (Å²) in [6.45, 7) is 0. The summed E-state index contributed by atoms with van der Waals surface area (Å²) < 4.78 is 16.9. The first-order valence-corrected chi connectivity index (χ1v) is 2.30. The molecule has 0 rings (SSSR count). The quantitative estimate of drug-likeness (QED) is 0.521. The van der Waals surface area contributed by atoms with Gasteiger partial charge < -0.3 is 15.3 Å². The fourth-order valence-electron chi connectivity index (χ4n) is 0.